The summed E-state index contributed by atoms with van der Waals surface area (Å²) in [6.07, 6.45) is 0.776. The van der Waals surface area contributed by atoms with Crippen LogP contribution in [0.15, 0.2) is 64.4 Å². The van der Waals surface area contributed by atoms with E-state index in [1.807, 2.05) is 43.3 Å². The van der Waals surface area contributed by atoms with Crippen LogP contribution in [0.25, 0.3) is 11.0 Å². The van der Waals surface area contributed by atoms with Crippen LogP contribution < -0.4 is 11.0 Å². The number of aliphatic imine (C=N–C) groups is 1. The Morgan fingerprint density at radius 1 is 1.06 bits per heavy atom. The molecule has 1 unspecified atom stereocenters. The van der Waals surface area contributed by atoms with Gasteiger partial charge < -0.3 is 15.4 Å². The molecule has 3 aromatic carbocycles. The first-order chi connectivity index (χ1) is 17.3. The molecule has 4 aromatic rings. The number of anilines is 1. The number of aliphatic hydroxyl groups is 1. The monoisotopic (exact) mass is 522 g/mol. The van der Waals surface area contributed by atoms with Crippen molar-refractivity contribution >= 4 is 51.5 Å². The van der Waals surface area contributed by atoms with Crippen molar-refractivity contribution in [2.45, 2.75) is 32.4 Å². The maximum absolute atomic E-state index is 13.2. The van der Waals surface area contributed by atoms with Crippen LogP contribution in [0.3, 0.4) is 0 Å². The Morgan fingerprint density at radius 2 is 1.89 bits per heavy atom. The maximum atomic E-state index is 13.2. The Morgan fingerprint density at radius 3 is 2.67 bits per heavy atom. The number of benzene rings is 3. The quantitative estimate of drug-likeness (QED) is 0.341. The molecule has 3 N–H and O–H groups in total. The zero-order chi connectivity index (χ0) is 25.4. The number of fused-ring (bicyclic) bond motifs is 2. The van der Waals surface area contributed by atoms with Gasteiger partial charge in [0.05, 0.1) is 22.4 Å². The smallest absolute Gasteiger partial charge is 0.326 e. The molecule has 1 atom stereocenters. The van der Waals surface area contributed by atoms with Crippen molar-refractivity contribution in [1.82, 2.24) is 9.55 Å². The molecule has 2 heterocycles. The van der Waals surface area contributed by atoms with Crippen molar-refractivity contribution in [1.29, 1.82) is 0 Å². The normalized spacial score (nSPS) is 15.4. The standard InChI is InChI=1S/C27H24Cl2N4O3/c1-15-3-4-16(20(29)11-15)12-23-26(35)31-21-8-6-18(28)14-19(21)25(30-23)17-5-7-22-24(13-17)33(9-2-10-34)27(36)32-22/h3-8,11,13-14,23,34H,2,9-10,12H2,1H3,(H,31,35)(H,32,36). The van der Waals surface area contributed by atoms with Gasteiger partial charge in [-0.1, -0.05) is 41.4 Å². The number of nitrogens with one attached hydrogen (secondary N) is 2. The lowest BCUT2D eigenvalue weighted by atomic mass is 9.99. The van der Waals surface area contributed by atoms with Crippen molar-refractivity contribution < 1.29 is 9.90 Å². The highest BCUT2D eigenvalue weighted by Crippen LogP contribution is 2.30. The first-order valence-electron chi connectivity index (χ1n) is 11.6. The van der Waals surface area contributed by atoms with Crippen LogP contribution >= 0.6 is 23.2 Å². The van der Waals surface area contributed by atoms with Crippen molar-refractivity contribution in [3.63, 3.8) is 0 Å². The summed E-state index contributed by atoms with van der Waals surface area (Å²) in [5.74, 6) is -0.243. The molecule has 0 spiro atoms. The predicted molar refractivity (Wildman–Crippen MR) is 144 cm³/mol. The average molecular weight is 523 g/mol. The number of hydrogen-bond donors (Lipinski definition) is 3. The third-order valence-corrected chi connectivity index (χ3v) is 6.88. The SMILES string of the molecule is Cc1ccc(CC2N=C(c3ccc4[nH]c(=O)n(CCCO)c4c3)c3cc(Cl)ccc3NC2=O)c(Cl)c1. The van der Waals surface area contributed by atoms with E-state index in [-0.39, 0.29) is 18.2 Å². The van der Waals surface area contributed by atoms with Gasteiger partial charge in [-0.25, -0.2) is 4.79 Å². The van der Waals surface area contributed by atoms with E-state index < -0.39 is 6.04 Å². The van der Waals surface area contributed by atoms with Crippen molar-refractivity contribution in [3.05, 3.63) is 97.4 Å². The number of amides is 1. The van der Waals surface area contributed by atoms with Crippen LogP contribution in [0.5, 0.6) is 0 Å². The van der Waals surface area contributed by atoms with Gasteiger partial charge >= 0.3 is 5.69 Å². The number of aromatic nitrogens is 2. The predicted octanol–water partition coefficient (Wildman–Crippen LogP) is 4.73. The molecular weight excluding hydrogens is 499 g/mol. The molecular formula is C27H24Cl2N4O3. The summed E-state index contributed by atoms with van der Waals surface area (Å²) in [5, 5.41) is 13.3. The minimum atomic E-state index is -0.732. The topological polar surface area (TPSA) is 99.5 Å². The molecule has 0 saturated heterocycles. The molecule has 0 saturated carbocycles. The number of carbonyl (C=O) groups is 1. The van der Waals surface area contributed by atoms with Crippen molar-refractivity contribution in [3.8, 4) is 0 Å². The number of aromatic amines is 1. The van der Waals surface area contributed by atoms with Gasteiger partial charge in [0.1, 0.15) is 6.04 Å². The minimum absolute atomic E-state index is 0.0194. The summed E-state index contributed by atoms with van der Waals surface area (Å²) in [5.41, 5.74) is 5.60. The van der Waals surface area contributed by atoms with Crippen LogP contribution in [-0.4, -0.2) is 38.9 Å². The first kappa shape index (κ1) is 24.3. The number of rotatable bonds is 6. The van der Waals surface area contributed by atoms with Crippen molar-refractivity contribution in [2.24, 2.45) is 4.99 Å². The van der Waals surface area contributed by atoms with Crippen LogP contribution in [-0.2, 0) is 17.8 Å². The molecule has 0 bridgehead atoms. The summed E-state index contributed by atoms with van der Waals surface area (Å²) in [4.78, 5) is 33.5. The van der Waals surface area contributed by atoms with Crippen molar-refractivity contribution in [2.75, 3.05) is 11.9 Å². The number of aryl methyl sites for hydroxylation is 2. The molecule has 7 nitrogen and oxygen atoms in total. The number of nitrogens with zero attached hydrogens (tertiary/aromatic N) is 2. The van der Waals surface area contributed by atoms with Crippen LogP contribution in [0.2, 0.25) is 10.0 Å². The highest BCUT2D eigenvalue weighted by Gasteiger charge is 2.27. The summed E-state index contributed by atoms with van der Waals surface area (Å²) >= 11 is 12.8. The molecule has 0 aliphatic carbocycles. The average Bonchev–Trinajstić information content (AvgIpc) is 3.09. The Balaban J connectivity index is 1.66. The number of carbonyl (C=O) groups excluding carboxylic acids is 1. The Bertz CT molecular complexity index is 1570. The fourth-order valence-electron chi connectivity index (χ4n) is 4.47. The van der Waals surface area contributed by atoms with Gasteiger partial charge in [0, 0.05) is 40.7 Å². The molecule has 5 rings (SSSR count). The number of aliphatic hydroxyl groups excluding tert-OH is 1. The van der Waals surface area contributed by atoms with E-state index in [0.29, 0.717) is 57.4 Å². The highest BCUT2D eigenvalue weighted by atomic mass is 35.5. The molecule has 0 radical (unpaired) electrons. The van der Waals surface area contributed by atoms with E-state index in [1.165, 1.54) is 0 Å². The number of H-pyrrole nitrogens is 1. The second-order valence-corrected chi connectivity index (χ2v) is 9.71. The molecule has 1 aliphatic heterocycles. The van der Waals surface area contributed by atoms with Crippen LogP contribution in [0, 0.1) is 6.92 Å². The summed E-state index contributed by atoms with van der Waals surface area (Å²) < 4.78 is 1.60. The number of hydrogen-bond acceptors (Lipinski definition) is 4. The van der Waals surface area contributed by atoms with Gasteiger partial charge in [0.15, 0.2) is 0 Å². The maximum Gasteiger partial charge on any atom is 0.326 e. The minimum Gasteiger partial charge on any atom is -0.396 e. The lowest BCUT2D eigenvalue weighted by molar-refractivity contribution is -0.117. The largest absolute Gasteiger partial charge is 0.396 e. The lowest BCUT2D eigenvalue weighted by Crippen LogP contribution is -2.27. The Kier molecular flexibility index (Phi) is 6.71. The third kappa shape index (κ3) is 4.69. The van der Waals surface area contributed by atoms with Gasteiger partial charge in [-0.2, -0.15) is 0 Å². The molecule has 9 heteroatoms. The second kappa shape index (κ2) is 9.93. The lowest BCUT2D eigenvalue weighted by Gasteiger charge is -2.13. The zero-order valence-corrected chi connectivity index (χ0v) is 21.0. The van der Waals surface area contributed by atoms with E-state index in [4.69, 9.17) is 28.2 Å². The fraction of sp³-hybridized carbons (Fsp3) is 0.222. The summed E-state index contributed by atoms with van der Waals surface area (Å²) in [7, 11) is 0. The van der Waals surface area contributed by atoms with E-state index in [9.17, 15) is 14.7 Å². The molecule has 1 aromatic heterocycles. The summed E-state index contributed by atoms with van der Waals surface area (Å²) in [6, 6.07) is 15.8. The molecule has 184 valence electrons. The fourth-order valence-corrected chi connectivity index (χ4v) is 4.95. The highest BCUT2D eigenvalue weighted by molar-refractivity contribution is 6.32. The second-order valence-electron chi connectivity index (χ2n) is 8.86. The molecule has 1 aliphatic rings. The van der Waals surface area contributed by atoms with E-state index >= 15 is 0 Å². The van der Waals surface area contributed by atoms with Gasteiger partial charge in [0.2, 0.25) is 5.91 Å². The molecule has 0 fully saturated rings. The van der Waals surface area contributed by atoms with Gasteiger partial charge in [-0.15, -0.1) is 0 Å². The molecule has 36 heavy (non-hydrogen) atoms. The van der Waals surface area contributed by atoms with Gasteiger partial charge in [-0.3, -0.25) is 14.4 Å². The molecule has 1 amide bonds. The van der Waals surface area contributed by atoms with E-state index in [1.54, 1.807) is 22.8 Å². The van der Waals surface area contributed by atoms with Gasteiger partial charge in [0.25, 0.3) is 0 Å². The third-order valence-electron chi connectivity index (χ3n) is 6.29. The van der Waals surface area contributed by atoms with Crippen LogP contribution in [0.1, 0.15) is 28.7 Å². The van der Waals surface area contributed by atoms with E-state index in [0.717, 1.165) is 16.7 Å². The number of halogens is 2. The number of imidazole rings is 1. The number of benzodiazepines with no additional fused rings is 1. The van der Waals surface area contributed by atoms with Gasteiger partial charge in [-0.05, 0) is 60.9 Å². The Labute approximate surface area is 217 Å². The summed E-state index contributed by atoms with van der Waals surface area (Å²) in [6.45, 7) is 2.32. The zero-order valence-electron chi connectivity index (χ0n) is 19.5. The Hall–Kier alpha value is -3.39. The first-order valence-corrected chi connectivity index (χ1v) is 12.4. The van der Waals surface area contributed by atoms with E-state index in [2.05, 4.69) is 10.3 Å². The van der Waals surface area contributed by atoms with Crippen LogP contribution in [0.4, 0.5) is 5.69 Å².